The van der Waals surface area contributed by atoms with Crippen molar-refractivity contribution < 1.29 is 9.63 Å². The molecule has 1 N–H and O–H groups in total. The number of hydrogen-bond acceptors (Lipinski definition) is 4. The first kappa shape index (κ1) is 13.9. The molecular formula is C15H10Cl2N2O2. The zero-order chi connectivity index (χ0) is 14.8. The van der Waals surface area contributed by atoms with E-state index < -0.39 is 0 Å². The Hall–Kier alpha value is -2.04. The van der Waals surface area contributed by atoms with Crippen LogP contribution < -0.4 is 0 Å². The highest BCUT2D eigenvalue weighted by atomic mass is 35.5. The largest absolute Gasteiger partial charge is 0.508 e. The second-order valence-corrected chi connectivity index (χ2v) is 5.30. The van der Waals surface area contributed by atoms with E-state index in [0.717, 1.165) is 11.1 Å². The highest BCUT2D eigenvalue weighted by Gasteiger charge is 2.10. The van der Waals surface area contributed by atoms with Crippen molar-refractivity contribution >= 4 is 23.2 Å². The smallest absolute Gasteiger partial charge is 0.231 e. The topological polar surface area (TPSA) is 59.2 Å². The van der Waals surface area contributed by atoms with Crippen LogP contribution in [0.1, 0.15) is 11.5 Å². The van der Waals surface area contributed by atoms with Gasteiger partial charge in [0.25, 0.3) is 0 Å². The molecule has 0 fully saturated rings. The summed E-state index contributed by atoms with van der Waals surface area (Å²) in [6.45, 7) is 0. The molecular weight excluding hydrogens is 311 g/mol. The lowest BCUT2D eigenvalue weighted by Gasteiger charge is -1.99. The van der Waals surface area contributed by atoms with Crippen LogP contribution in [0.4, 0.5) is 0 Å². The molecule has 4 nitrogen and oxygen atoms in total. The Labute approximate surface area is 130 Å². The van der Waals surface area contributed by atoms with Crippen LogP contribution in [0.15, 0.2) is 47.0 Å². The molecule has 0 aliphatic rings. The first-order valence-electron chi connectivity index (χ1n) is 6.18. The minimum atomic E-state index is 0.193. The van der Waals surface area contributed by atoms with Crippen molar-refractivity contribution in [3.8, 4) is 17.1 Å². The number of rotatable bonds is 3. The van der Waals surface area contributed by atoms with Crippen molar-refractivity contribution in [3.05, 3.63) is 64.0 Å². The van der Waals surface area contributed by atoms with Crippen molar-refractivity contribution in [1.29, 1.82) is 0 Å². The van der Waals surface area contributed by atoms with Gasteiger partial charge in [-0.25, -0.2) is 0 Å². The molecule has 0 spiro atoms. The second kappa shape index (κ2) is 5.76. The van der Waals surface area contributed by atoms with E-state index in [9.17, 15) is 5.11 Å². The van der Waals surface area contributed by atoms with Crippen molar-refractivity contribution in [2.24, 2.45) is 0 Å². The summed E-state index contributed by atoms with van der Waals surface area (Å²) in [5.41, 5.74) is 1.71. The molecule has 1 aromatic heterocycles. The molecule has 0 aliphatic heterocycles. The normalized spacial score (nSPS) is 10.8. The summed E-state index contributed by atoms with van der Waals surface area (Å²) >= 11 is 11.9. The third-order valence-electron chi connectivity index (χ3n) is 2.93. The van der Waals surface area contributed by atoms with Gasteiger partial charge in [0.1, 0.15) is 5.75 Å². The summed E-state index contributed by atoms with van der Waals surface area (Å²) in [6.07, 6.45) is 0.474. The van der Waals surface area contributed by atoms with Gasteiger partial charge >= 0.3 is 0 Å². The van der Waals surface area contributed by atoms with Gasteiger partial charge in [0.2, 0.25) is 11.7 Å². The monoisotopic (exact) mass is 320 g/mol. The maximum atomic E-state index is 9.26. The fraction of sp³-hybridized carbons (Fsp3) is 0.0667. The quantitative estimate of drug-likeness (QED) is 0.779. The highest BCUT2D eigenvalue weighted by Crippen LogP contribution is 2.24. The lowest BCUT2D eigenvalue weighted by atomic mass is 10.1. The fourth-order valence-electron chi connectivity index (χ4n) is 1.88. The fourth-order valence-corrected chi connectivity index (χ4v) is 2.20. The van der Waals surface area contributed by atoms with Crippen LogP contribution >= 0.6 is 23.2 Å². The predicted molar refractivity (Wildman–Crippen MR) is 80.7 cm³/mol. The number of nitrogens with zero attached hydrogens (tertiary/aromatic N) is 2. The van der Waals surface area contributed by atoms with Crippen LogP contribution in [0, 0.1) is 0 Å². The third kappa shape index (κ3) is 3.17. The lowest BCUT2D eigenvalue weighted by Crippen LogP contribution is -1.89. The van der Waals surface area contributed by atoms with Crippen LogP contribution in [-0.2, 0) is 6.42 Å². The molecule has 0 amide bonds. The number of halogens is 2. The zero-order valence-corrected chi connectivity index (χ0v) is 12.3. The summed E-state index contributed by atoms with van der Waals surface area (Å²) in [5, 5.41) is 14.2. The van der Waals surface area contributed by atoms with Crippen molar-refractivity contribution in [2.75, 3.05) is 0 Å². The van der Waals surface area contributed by atoms with Gasteiger partial charge in [-0.1, -0.05) is 34.4 Å². The van der Waals surface area contributed by atoms with Gasteiger partial charge < -0.3 is 9.63 Å². The predicted octanol–water partition coefficient (Wildman–Crippen LogP) is 4.34. The summed E-state index contributed by atoms with van der Waals surface area (Å²) in [6, 6.07) is 12.0. The molecule has 0 bridgehead atoms. The van der Waals surface area contributed by atoms with E-state index in [1.54, 1.807) is 36.4 Å². The molecule has 0 unspecified atom stereocenters. The Morgan fingerprint density at radius 1 is 1.00 bits per heavy atom. The van der Waals surface area contributed by atoms with Crippen molar-refractivity contribution in [1.82, 2.24) is 10.1 Å². The van der Waals surface area contributed by atoms with Gasteiger partial charge in [0, 0.05) is 5.56 Å². The van der Waals surface area contributed by atoms with Gasteiger partial charge in [-0.15, -0.1) is 0 Å². The molecule has 21 heavy (non-hydrogen) atoms. The van der Waals surface area contributed by atoms with Gasteiger partial charge in [-0.05, 0) is 42.0 Å². The molecule has 0 aliphatic carbocycles. The third-order valence-corrected chi connectivity index (χ3v) is 3.67. The zero-order valence-electron chi connectivity index (χ0n) is 10.8. The summed E-state index contributed by atoms with van der Waals surface area (Å²) < 4.78 is 5.22. The molecule has 0 radical (unpaired) electrons. The standard InChI is InChI=1S/C15H10Cl2N2O2/c16-12-6-1-9(7-13(12)17)8-14-18-15(19-21-14)10-2-4-11(20)5-3-10/h1-7,20H,8H2. The molecule has 0 saturated carbocycles. The summed E-state index contributed by atoms with van der Waals surface area (Å²) in [7, 11) is 0. The van der Waals surface area contributed by atoms with E-state index in [0.29, 0.717) is 28.2 Å². The SMILES string of the molecule is Oc1ccc(-c2noc(Cc3ccc(Cl)c(Cl)c3)n2)cc1. The number of aromatic nitrogens is 2. The Bertz CT molecular complexity index is 770. The maximum Gasteiger partial charge on any atom is 0.231 e. The molecule has 0 saturated heterocycles. The second-order valence-electron chi connectivity index (χ2n) is 4.48. The van der Waals surface area contributed by atoms with Gasteiger partial charge in [0.15, 0.2) is 0 Å². The minimum Gasteiger partial charge on any atom is -0.508 e. The first-order valence-corrected chi connectivity index (χ1v) is 6.93. The van der Waals surface area contributed by atoms with E-state index in [-0.39, 0.29) is 5.75 Å². The average Bonchev–Trinajstić information content (AvgIpc) is 2.92. The Morgan fingerprint density at radius 3 is 2.48 bits per heavy atom. The average molecular weight is 321 g/mol. The Kier molecular flexibility index (Phi) is 3.82. The minimum absolute atomic E-state index is 0.193. The maximum absolute atomic E-state index is 9.26. The molecule has 3 aromatic rings. The molecule has 0 atom stereocenters. The molecule has 3 rings (SSSR count). The number of benzene rings is 2. The number of phenols is 1. The molecule has 2 aromatic carbocycles. The van der Waals surface area contributed by atoms with Crippen LogP contribution in [0.3, 0.4) is 0 Å². The van der Waals surface area contributed by atoms with Gasteiger partial charge in [-0.2, -0.15) is 4.98 Å². The number of phenolic OH excluding ortho intramolecular Hbond substituents is 1. The van der Waals surface area contributed by atoms with Crippen molar-refractivity contribution in [2.45, 2.75) is 6.42 Å². The lowest BCUT2D eigenvalue weighted by molar-refractivity contribution is 0.385. The van der Waals surface area contributed by atoms with E-state index >= 15 is 0 Å². The molecule has 6 heteroatoms. The van der Waals surface area contributed by atoms with Crippen LogP contribution in [0.2, 0.25) is 10.0 Å². The first-order chi connectivity index (χ1) is 10.1. The Balaban J connectivity index is 1.81. The van der Waals surface area contributed by atoms with E-state index in [1.165, 1.54) is 0 Å². The van der Waals surface area contributed by atoms with Crippen LogP contribution in [0.5, 0.6) is 5.75 Å². The van der Waals surface area contributed by atoms with E-state index in [4.69, 9.17) is 27.7 Å². The van der Waals surface area contributed by atoms with Gasteiger partial charge in [0.05, 0.1) is 16.5 Å². The van der Waals surface area contributed by atoms with Crippen LogP contribution in [-0.4, -0.2) is 15.2 Å². The van der Waals surface area contributed by atoms with E-state index in [2.05, 4.69) is 10.1 Å². The number of aromatic hydroxyl groups is 1. The summed E-state index contributed by atoms with van der Waals surface area (Å²) in [4.78, 5) is 4.32. The highest BCUT2D eigenvalue weighted by molar-refractivity contribution is 6.42. The molecule has 106 valence electrons. The van der Waals surface area contributed by atoms with E-state index in [1.807, 2.05) is 6.07 Å². The summed E-state index contributed by atoms with van der Waals surface area (Å²) in [5.74, 6) is 1.15. The number of hydrogen-bond donors (Lipinski definition) is 1. The Morgan fingerprint density at radius 2 is 1.76 bits per heavy atom. The molecule has 1 heterocycles. The van der Waals surface area contributed by atoms with Gasteiger partial charge in [-0.3, -0.25) is 0 Å². The van der Waals surface area contributed by atoms with Crippen LogP contribution in [0.25, 0.3) is 11.4 Å². The van der Waals surface area contributed by atoms with Crippen molar-refractivity contribution in [3.63, 3.8) is 0 Å².